The average molecular weight is 402 g/mol. The quantitative estimate of drug-likeness (QED) is 0.625. The van der Waals surface area contributed by atoms with E-state index in [4.69, 9.17) is 5.73 Å². The number of nitrogens with two attached hydrogens (primary N) is 1. The summed E-state index contributed by atoms with van der Waals surface area (Å²) in [6.07, 6.45) is 0. The molecule has 4 nitrogen and oxygen atoms in total. The molecule has 0 radical (unpaired) electrons. The highest BCUT2D eigenvalue weighted by Gasteiger charge is 2.29. The number of rotatable bonds is 6. The van der Waals surface area contributed by atoms with E-state index in [2.05, 4.69) is 65.8 Å². The van der Waals surface area contributed by atoms with E-state index in [1.54, 1.807) is 0 Å². The van der Waals surface area contributed by atoms with Crippen LogP contribution in [0.3, 0.4) is 0 Å². The number of hydrogen-bond donors (Lipinski definition) is 2. The minimum atomic E-state index is -0.363. The Labute approximate surface area is 175 Å². The highest BCUT2D eigenvalue weighted by atomic mass is 32.2. The van der Waals surface area contributed by atoms with Crippen LogP contribution in [0.5, 0.6) is 0 Å². The van der Waals surface area contributed by atoms with Crippen molar-refractivity contribution in [1.82, 2.24) is 5.32 Å². The van der Waals surface area contributed by atoms with Gasteiger partial charge >= 0.3 is 0 Å². The van der Waals surface area contributed by atoms with Crippen LogP contribution in [-0.2, 0) is 4.79 Å². The lowest BCUT2D eigenvalue weighted by molar-refractivity contribution is -0.117. The van der Waals surface area contributed by atoms with Crippen molar-refractivity contribution >= 4 is 22.8 Å². The number of aliphatic imine (C=N–C) groups is 1. The van der Waals surface area contributed by atoms with Crippen LogP contribution < -0.4 is 11.1 Å². The summed E-state index contributed by atoms with van der Waals surface area (Å²) in [5.74, 6) is -0.188. The van der Waals surface area contributed by atoms with Gasteiger partial charge in [0, 0.05) is 6.04 Å². The Hall–Kier alpha value is -2.89. The van der Waals surface area contributed by atoms with Crippen molar-refractivity contribution in [3.8, 4) is 0 Å². The predicted molar refractivity (Wildman–Crippen MR) is 120 cm³/mol. The van der Waals surface area contributed by atoms with Gasteiger partial charge in [-0.2, -0.15) is 4.99 Å². The van der Waals surface area contributed by atoms with Gasteiger partial charge in [-0.3, -0.25) is 10.1 Å². The van der Waals surface area contributed by atoms with Gasteiger partial charge in [0.25, 0.3) is 5.91 Å². The molecule has 5 heteroatoms. The van der Waals surface area contributed by atoms with E-state index < -0.39 is 0 Å². The van der Waals surface area contributed by atoms with Crippen molar-refractivity contribution in [1.29, 1.82) is 0 Å². The third kappa shape index (κ3) is 4.42. The van der Waals surface area contributed by atoms with Crippen molar-refractivity contribution in [2.75, 3.05) is 0 Å². The summed E-state index contributed by atoms with van der Waals surface area (Å²) in [7, 11) is 0. The Bertz CT molecular complexity index is 1020. The van der Waals surface area contributed by atoms with Crippen molar-refractivity contribution in [3.63, 3.8) is 0 Å². The molecule has 4 rings (SSSR count). The Morgan fingerprint density at radius 2 is 1.52 bits per heavy atom. The van der Waals surface area contributed by atoms with Gasteiger partial charge in [0.15, 0.2) is 5.17 Å². The van der Waals surface area contributed by atoms with Crippen LogP contribution in [0.1, 0.15) is 46.5 Å². The van der Waals surface area contributed by atoms with Gasteiger partial charge in [-0.15, -0.1) is 0 Å². The molecule has 0 aromatic heterocycles. The first-order valence-electron chi connectivity index (χ1n) is 9.62. The molecule has 1 aliphatic rings. The van der Waals surface area contributed by atoms with E-state index in [0.717, 1.165) is 11.1 Å². The standard InChI is InChI=1S/C24H23N3OS/c1-16(17-9-4-2-5-10-17)26-21(18-11-6-3-7-12-18)19-13-8-14-20(15-19)22-23(28)27-24(25)29-22/h2-16,21-22,26H,1H3,(H2,25,27,28)/t16-,21?,22?/m1/s1. The summed E-state index contributed by atoms with van der Waals surface area (Å²) in [5.41, 5.74) is 10.2. The fourth-order valence-corrected chi connectivity index (χ4v) is 4.42. The molecule has 3 atom stereocenters. The minimum Gasteiger partial charge on any atom is -0.378 e. The van der Waals surface area contributed by atoms with E-state index in [1.807, 2.05) is 36.4 Å². The smallest absolute Gasteiger partial charge is 0.266 e. The maximum atomic E-state index is 12.2. The van der Waals surface area contributed by atoms with Crippen LogP contribution in [0.15, 0.2) is 89.9 Å². The van der Waals surface area contributed by atoms with Gasteiger partial charge in [0.2, 0.25) is 0 Å². The third-order valence-corrected chi connectivity index (χ3v) is 6.12. The number of thioether (sulfide) groups is 1. The molecular formula is C24H23N3OS. The first kappa shape index (κ1) is 19.4. The predicted octanol–water partition coefficient (Wildman–Crippen LogP) is 4.76. The summed E-state index contributed by atoms with van der Waals surface area (Å²) in [5, 5.41) is 3.73. The number of amidine groups is 1. The fraction of sp³-hybridized carbons (Fsp3) is 0.167. The molecule has 0 bridgehead atoms. The van der Waals surface area contributed by atoms with Gasteiger partial charge in [0.05, 0.1) is 6.04 Å². The van der Waals surface area contributed by atoms with Crippen LogP contribution in [0.2, 0.25) is 0 Å². The van der Waals surface area contributed by atoms with E-state index in [0.29, 0.717) is 5.17 Å². The second-order valence-electron chi connectivity index (χ2n) is 7.10. The van der Waals surface area contributed by atoms with Crippen molar-refractivity contribution in [2.45, 2.75) is 24.3 Å². The lowest BCUT2D eigenvalue weighted by Crippen LogP contribution is -2.25. The van der Waals surface area contributed by atoms with E-state index in [9.17, 15) is 4.79 Å². The van der Waals surface area contributed by atoms with Gasteiger partial charge in [-0.05, 0) is 29.2 Å². The SMILES string of the molecule is C[C@@H](NC(c1ccccc1)c1cccc(C2SC(N)=NC2=O)c1)c1ccccc1. The molecule has 0 saturated carbocycles. The molecule has 146 valence electrons. The lowest BCUT2D eigenvalue weighted by Gasteiger charge is -2.25. The molecule has 1 heterocycles. The van der Waals surface area contributed by atoms with Gasteiger partial charge < -0.3 is 5.73 Å². The molecule has 0 aliphatic carbocycles. The van der Waals surface area contributed by atoms with E-state index in [-0.39, 0.29) is 23.2 Å². The number of nitrogens with zero attached hydrogens (tertiary/aromatic N) is 1. The van der Waals surface area contributed by atoms with Crippen LogP contribution in [-0.4, -0.2) is 11.1 Å². The summed E-state index contributed by atoms with van der Waals surface area (Å²) in [6.45, 7) is 2.17. The zero-order valence-electron chi connectivity index (χ0n) is 16.2. The van der Waals surface area contributed by atoms with Crippen LogP contribution in [0.4, 0.5) is 0 Å². The monoisotopic (exact) mass is 401 g/mol. The molecule has 3 aromatic carbocycles. The second-order valence-corrected chi connectivity index (χ2v) is 8.22. The summed E-state index contributed by atoms with van der Waals surface area (Å²) >= 11 is 1.31. The Morgan fingerprint density at radius 1 is 0.897 bits per heavy atom. The van der Waals surface area contributed by atoms with Crippen molar-refractivity contribution in [2.24, 2.45) is 10.7 Å². The molecule has 29 heavy (non-hydrogen) atoms. The van der Waals surface area contributed by atoms with Crippen molar-refractivity contribution in [3.05, 3.63) is 107 Å². The number of amides is 1. The first-order valence-corrected chi connectivity index (χ1v) is 10.5. The average Bonchev–Trinajstić information content (AvgIpc) is 3.11. The van der Waals surface area contributed by atoms with Crippen LogP contribution in [0, 0.1) is 0 Å². The maximum absolute atomic E-state index is 12.2. The van der Waals surface area contributed by atoms with Crippen molar-refractivity contribution < 1.29 is 4.79 Å². The number of benzene rings is 3. The van der Waals surface area contributed by atoms with Gasteiger partial charge in [-0.1, -0.05) is 96.7 Å². The van der Waals surface area contributed by atoms with Gasteiger partial charge in [0.1, 0.15) is 5.25 Å². The Kier molecular flexibility index (Phi) is 5.79. The number of nitrogens with one attached hydrogen (secondary N) is 1. The summed E-state index contributed by atoms with van der Waals surface area (Å²) in [4.78, 5) is 16.1. The van der Waals surface area contributed by atoms with Gasteiger partial charge in [-0.25, -0.2) is 0 Å². The third-order valence-electron chi connectivity index (χ3n) is 5.08. The zero-order chi connectivity index (χ0) is 20.2. The zero-order valence-corrected chi connectivity index (χ0v) is 17.0. The molecule has 2 unspecified atom stereocenters. The molecule has 0 spiro atoms. The molecule has 3 N–H and O–H groups in total. The summed E-state index contributed by atoms with van der Waals surface area (Å²) in [6, 6.07) is 29.1. The lowest BCUT2D eigenvalue weighted by atomic mass is 9.94. The van der Waals surface area contributed by atoms with Crippen LogP contribution >= 0.6 is 11.8 Å². The largest absolute Gasteiger partial charge is 0.378 e. The minimum absolute atomic E-state index is 0.00822. The topological polar surface area (TPSA) is 67.5 Å². The number of hydrogen-bond acceptors (Lipinski definition) is 4. The number of carbonyl (C=O) groups is 1. The first-order chi connectivity index (χ1) is 14.1. The highest BCUT2D eigenvalue weighted by Crippen LogP contribution is 2.36. The normalized spacial score (nSPS) is 18.3. The molecule has 3 aromatic rings. The Balaban J connectivity index is 1.67. The summed E-state index contributed by atoms with van der Waals surface area (Å²) < 4.78 is 0. The molecular weight excluding hydrogens is 378 g/mol. The molecule has 1 aliphatic heterocycles. The molecule has 1 amide bonds. The molecule has 0 saturated heterocycles. The van der Waals surface area contributed by atoms with E-state index >= 15 is 0 Å². The van der Waals surface area contributed by atoms with Crippen LogP contribution in [0.25, 0.3) is 0 Å². The van der Waals surface area contributed by atoms with E-state index in [1.165, 1.54) is 22.9 Å². The maximum Gasteiger partial charge on any atom is 0.266 e. The number of carbonyl (C=O) groups excluding carboxylic acids is 1. The molecule has 0 fully saturated rings. The highest BCUT2D eigenvalue weighted by molar-refractivity contribution is 8.15. The Morgan fingerprint density at radius 3 is 2.14 bits per heavy atom. The second kappa shape index (κ2) is 8.64. The fourth-order valence-electron chi connectivity index (χ4n) is 3.60.